The van der Waals surface area contributed by atoms with Gasteiger partial charge in [-0.2, -0.15) is 11.3 Å². The first-order chi connectivity index (χ1) is 5.20. The predicted molar refractivity (Wildman–Crippen MR) is 49.1 cm³/mol. The van der Waals surface area contributed by atoms with Crippen LogP contribution in [-0.4, -0.2) is 6.54 Å². The van der Waals surface area contributed by atoms with E-state index in [9.17, 15) is 0 Å². The van der Waals surface area contributed by atoms with Crippen molar-refractivity contribution >= 4 is 11.3 Å². The minimum absolute atomic E-state index is 0.341. The molecule has 0 radical (unpaired) electrons. The van der Waals surface area contributed by atoms with Crippen LogP contribution in [0.15, 0.2) is 10.8 Å². The highest BCUT2D eigenvalue weighted by molar-refractivity contribution is 7.08. The molecule has 1 N–H and O–H groups in total. The van der Waals surface area contributed by atoms with Crippen LogP contribution in [0.2, 0.25) is 0 Å². The molecule has 0 saturated carbocycles. The Balaban J connectivity index is 2.48. The Hall–Kier alpha value is -0.340. The standard InChI is InChI=1S/C9H13NS/c1-9(2)6-10-3-7-4-11-5-8(7)9/h4-5,10H,3,6H2,1-2H3. The summed E-state index contributed by atoms with van der Waals surface area (Å²) in [5.74, 6) is 0. The topological polar surface area (TPSA) is 12.0 Å². The van der Waals surface area contributed by atoms with E-state index in [0.29, 0.717) is 5.41 Å². The summed E-state index contributed by atoms with van der Waals surface area (Å²) in [6.45, 7) is 6.76. The van der Waals surface area contributed by atoms with Crippen molar-refractivity contribution in [3.8, 4) is 0 Å². The summed E-state index contributed by atoms with van der Waals surface area (Å²) < 4.78 is 0. The van der Waals surface area contributed by atoms with Crippen molar-refractivity contribution in [3.63, 3.8) is 0 Å². The fourth-order valence-corrected chi connectivity index (χ4v) is 2.71. The highest BCUT2D eigenvalue weighted by Gasteiger charge is 2.27. The van der Waals surface area contributed by atoms with E-state index in [1.165, 1.54) is 5.56 Å². The average molecular weight is 167 g/mol. The van der Waals surface area contributed by atoms with Crippen molar-refractivity contribution in [2.45, 2.75) is 25.8 Å². The van der Waals surface area contributed by atoms with Gasteiger partial charge in [-0.05, 0) is 21.9 Å². The molecule has 0 saturated heterocycles. The molecule has 0 spiro atoms. The third kappa shape index (κ3) is 1.10. The number of hydrogen-bond acceptors (Lipinski definition) is 2. The van der Waals surface area contributed by atoms with Gasteiger partial charge in [0.1, 0.15) is 0 Å². The predicted octanol–water partition coefficient (Wildman–Crippen LogP) is 2.13. The van der Waals surface area contributed by atoms with Gasteiger partial charge in [-0.25, -0.2) is 0 Å². The largest absolute Gasteiger partial charge is 0.312 e. The first kappa shape index (κ1) is 7.32. The van der Waals surface area contributed by atoms with Gasteiger partial charge in [0.05, 0.1) is 0 Å². The Labute approximate surface area is 71.4 Å². The van der Waals surface area contributed by atoms with Gasteiger partial charge in [-0.3, -0.25) is 0 Å². The number of rotatable bonds is 0. The lowest BCUT2D eigenvalue weighted by molar-refractivity contribution is 0.437. The maximum Gasteiger partial charge on any atom is 0.0217 e. The Morgan fingerprint density at radius 3 is 3.00 bits per heavy atom. The second-order valence-corrected chi connectivity index (χ2v) is 4.54. The molecular weight excluding hydrogens is 154 g/mol. The number of fused-ring (bicyclic) bond motifs is 1. The highest BCUT2D eigenvalue weighted by atomic mass is 32.1. The zero-order chi connectivity index (χ0) is 7.90. The molecule has 0 aromatic carbocycles. The lowest BCUT2D eigenvalue weighted by Crippen LogP contribution is -2.37. The first-order valence-corrected chi connectivity index (χ1v) is 4.91. The highest BCUT2D eigenvalue weighted by Crippen LogP contribution is 2.31. The normalized spacial score (nSPS) is 21.3. The van der Waals surface area contributed by atoms with E-state index in [4.69, 9.17) is 0 Å². The van der Waals surface area contributed by atoms with Crippen LogP contribution in [0.5, 0.6) is 0 Å². The SMILES string of the molecule is CC1(C)CNCc2cscc21. The van der Waals surface area contributed by atoms with E-state index < -0.39 is 0 Å². The molecule has 0 aliphatic carbocycles. The van der Waals surface area contributed by atoms with Crippen LogP contribution in [0, 0.1) is 0 Å². The molecule has 1 aromatic heterocycles. The molecule has 2 heteroatoms. The molecule has 0 amide bonds. The van der Waals surface area contributed by atoms with Crippen LogP contribution >= 0.6 is 11.3 Å². The fourth-order valence-electron chi connectivity index (χ4n) is 1.66. The zero-order valence-corrected chi connectivity index (χ0v) is 7.79. The fraction of sp³-hybridized carbons (Fsp3) is 0.556. The molecule has 1 aliphatic heterocycles. The summed E-state index contributed by atoms with van der Waals surface area (Å²) in [4.78, 5) is 0. The zero-order valence-electron chi connectivity index (χ0n) is 6.98. The van der Waals surface area contributed by atoms with Crippen LogP contribution in [0.3, 0.4) is 0 Å². The van der Waals surface area contributed by atoms with E-state index >= 15 is 0 Å². The maximum atomic E-state index is 3.42. The Morgan fingerprint density at radius 1 is 1.45 bits per heavy atom. The van der Waals surface area contributed by atoms with Crippen molar-refractivity contribution in [2.24, 2.45) is 0 Å². The lowest BCUT2D eigenvalue weighted by atomic mass is 9.82. The van der Waals surface area contributed by atoms with E-state index in [0.717, 1.165) is 13.1 Å². The van der Waals surface area contributed by atoms with Crippen molar-refractivity contribution < 1.29 is 0 Å². The molecule has 60 valence electrons. The van der Waals surface area contributed by atoms with Crippen LogP contribution in [-0.2, 0) is 12.0 Å². The van der Waals surface area contributed by atoms with E-state index in [1.807, 2.05) is 11.3 Å². The van der Waals surface area contributed by atoms with Gasteiger partial charge in [-0.1, -0.05) is 13.8 Å². The summed E-state index contributed by atoms with van der Waals surface area (Å²) in [7, 11) is 0. The molecule has 1 nitrogen and oxygen atoms in total. The van der Waals surface area contributed by atoms with Crippen molar-refractivity contribution in [3.05, 3.63) is 21.9 Å². The monoisotopic (exact) mass is 167 g/mol. The quantitative estimate of drug-likeness (QED) is 0.624. The first-order valence-electron chi connectivity index (χ1n) is 3.96. The minimum atomic E-state index is 0.341. The van der Waals surface area contributed by atoms with Gasteiger partial charge in [0.2, 0.25) is 0 Å². The van der Waals surface area contributed by atoms with Gasteiger partial charge in [-0.15, -0.1) is 0 Å². The number of nitrogens with one attached hydrogen (secondary N) is 1. The smallest absolute Gasteiger partial charge is 0.0217 e. The van der Waals surface area contributed by atoms with Crippen LogP contribution in [0.4, 0.5) is 0 Å². The third-order valence-electron chi connectivity index (χ3n) is 2.35. The summed E-state index contributed by atoms with van der Waals surface area (Å²) in [5.41, 5.74) is 3.38. The molecule has 0 atom stereocenters. The van der Waals surface area contributed by atoms with Crippen molar-refractivity contribution in [2.75, 3.05) is 6.54 Å². The van der Waals surface area contributed by atoms with Gasteiger partial charge >= 0.3 is 0 Å². The van der Waals surface area contributed by atoms with Gasteiger partial charge < -0.3 is 5.32 Å². The molecule has 1 aliphatic rings. The maximum absolute atomic E-state index is 3.42. The summed E-state index contributed by atoms with van der Waals surface area (Å²) >= 11 is 1.82. The van der Waals surface area contributed by atoms with Gasteiger partial charge in [0.15, 0.2) is 0 Å². The van der Waals surface area contributed by atoms with Crippen LogP contribution in [0.1, 0.15) is 25.0 Å². The Kier molecular flexibility index (Phi) is 1.55. The number of thiophene rings is 1. The van der Waals surface area contributed by atoms with E-state index in [2.05, 4.69) is 29.9 Å². The summed E-state index contributed by atoms with van der Waals surface area (Å²) in [6, 6.07) is 0. The molecule has 0 unspecified atom stereocenters. The Bertz CT molecular complexity index is 262. The minimum Gasteiger partial charge on any atom is -0.312 e. The second kappa shape index (κ2) is 2.32. The molecule has 1 aromatic rings. The third-order valence-corrected chi connectivity index (χ3v) is 3.15. The van der Waals surface area contributed by atoms with Crippen LogP contribution in [0.25, 0.3) is 0 Å². The molecular formula is C9H13NS. The molecule has 2 rings (SSSR count). The summed E-state index contributed by atoms with van der Waals surface area (Å²) in [5, 5.41) is 7.97. The van der Waals surface area contributed by atoms with Gasteiger partial charge in [0.25, 0.3) is 0 Å². The van der Waals surface area contributed by atoms with E-state index in [1.54, 1.807) is 5.56 Å². The number of hydrogen-bond donors (Lipinski definition) is 1. The second-order valence-electron chi connectivity index (χ2n) is 3.80. The van der Waals surface area contributed by atoms with Crippen molar-refractivity contribution in [1.82, 2.24) is 5.32 Å². The molecule has 2 heterocycles. The van der Waals surface area contributed by atoms with Crippen LogP contribution < -0.4 is 5.32 Å². The molecule has 11 heavy (non-hydrogen) atoms. The van der Waals surface area contributed by atoms with Gasteiger partial charge in [0, 0.05) is 18.5 Å². The molecule has 0 fully saturated rings. The average Bonchev–Trinajstić information content (AvgIpc) is 2.34. The Morgan fingerprint density at radius 2 is 2.27 bits per heavy atom. The molecule has 0 bridgehead atoms. The van der Waals surface area contributed by atoms with Crippen molar-refractivity contribution in [1.29, 1.82) is 0 Å². The van der Waals surface area contributed by atoms with E-state index in [-0.39, 0.29) is 0 Å². The summed E-state index contributed by atoms with van der Waals surface area (Å²) in [6.07, 6.45) is 0. The lowest BCUT2D eigenvalue weighted by Gasteiger charge is -2.30.